The van der Waals surface area contributed by atoms with Crippen molar-refractivity contribution in [1.82, 2.24) is 0 Å². The molecule has 86 valence electrons. The first-order valence-electron chi connectivity index (χ1n) is 5.59. The molecule has 1 aliphatic rings. The van der Waals surface area contributed by atoms with Crippen molar-refractivity contribution in [2.75, 3.05) is 6.61 Å². The largest absolute Gasteiger partial charge is 0.493 e. The predicted octanol–water partition coefficient (Wildman–Crippen LogP) is 3.47. The van der Waals surface area contributed by atoms with Crippen molar-refractivity contribution in [3.05, 3.63) is 40.3 Å². The molecule has 0 radical (unpaired) electrons. The number of hydrogen-bond acceptors (Lipinski definition) is 3. The highest BCUT2D eigenvalue weighted by Crippen LogP contribution is 2.40. The van der Waals surface area contributed by atoms with Crippen LogP contribution in [0.1, 0.15) is 21.5 Å². The molecule has 2 nitrogen and oxygen atoms in total. The minimum Gasteiger partial charge on any atom is -0.493 e. The monoisotopic (exact) mass is 244 g/mol. The number of carbonyl (C=O) groups excluding carboxylic acids is 1. The van der Waals surface area contributed by atoms with E-state index in [1.54, 1.807) is 11.3 Å². The maximum atomic E-state index is 11.0. The lowest BCUT2D eigenvalue weighted by Gasteiger charge is -2.09. The van der Waals surface area contributed by atoms with Gasteiger partial charge in [-0.3, -0.25) is 4.79 Å². The van der Waals surface area contributed by atoms with Crippen molar-refractivity contribution in [3.63, 3.8) is 0 Å². The van der Waals surface area contributed by atoms with Crippen LogP contribution in [-0.2, 0) is 6.42 Å². The molecule has 0 spiro atoms. The van der Waals surface area contributed by atoms with Crippen LogP contribution in [0.2, 0.25) is 0 Å². The number of fused-ring (bicyclic) bond motifs is 3. The highest BCUT2D eigenvalue weighted by atomic mass is 32.1. The lowest BCUT2D eigenvalue weighted by molar-refractivity contribution is 0.112. The molecule has 0 aliphatic carbocycles. The molecule has 1 aromatic carbocycles. The third-order valence-corrected chi connectivity index (χ3v) is 4.11. The van der Waals surface area contributed by atoms with E-state index >= 15 is 0 Å². The normalized spacial score (nSPS) is 13.2. The van der Waals surface area contributed by atoms with Crippen molar-refractivity contribution in [2.24, 2.45) is 0 Å². The van der Waals surface area contributed by atoms with E-state index in [0.29, 0.717) is 6.61 Å². The summed E-state index contributed by atoms with van der Waals surface area (Å²) in [5, 5.41) is 2.10. The van der Waals surface area contributed by atoms with Crippen LogP contribution in [-0.4, -0.2) is 12.9 Å². The Morgan fingerprint density at radius 3 is 3.12 bits per heavy atom. The third-order valence-electron chi connectivity index (χ3n) is 3.12. The Morgan fingerprint density at radius 1 is 1.41 bits per heavy atom. The molecule has 1 aromatic heterocycles. The number of ether oxygens (including phenoxy) is 1. The first-order chi connectivity index (χ1) is 8.29. The number of rotatable bonds is 1. The minimum absolute atomic E-state index is 0.705. The fourth-order valence-electron chi connectivity index (χ4n) is 2.16. The molecule has 0 fully saturated rings. The Kier molecular flexibility index (Phi) is 2.48. The van der Waals surface area contributed by atoms with Crippen molar-refractivity contribution < 1.29 is 9.53 Å². The molecule has 1 aliphatic heterocycles. The van der Waals surface area contributed by atoms with Crippen LogP contribution in [0.3, 0.4) is 0 Å². The molecule has 17 heavy (non-hydrogen) atoms. The van der Waals surface area contributed by atoms with Gasteiger partial charge in [0.25, 0.3) is 0 Å². The summed E-state index contributed by atoms with van der Waals surface area (Å²) in [6.07, 6.45) is 1.84. The van der Waals surface area contributed by atoms with Crippen LogP contribution in [0.5, 0.6) is 5.75 Å². The summed E-state index contributed by atoms with van der Waals surface area (Å²) < 4.78 is 5.76. The molecule has 0 saturated heterocycles. The van der Waals surface area contributed by atoms with Crippen molar-refractivity contribution >= 4 is 17.6 Å². The third kappa shape index (κ3) is 1.67. The van der Waals surface area contributed by atoms with Crippen LogP contribution >= 0.6 is 11.3 Å². The molecular formula is C14H12O2S. The second-order valence-electron chi connectivity index (χ2n) is 4.20. The number of aryl methyl sites for hydroxylation is 1. The average Bonchev–Trinajstić information content (AvgIpc) is 2.72. The van der Waals surface area contributed by atoms with Gasteiger partial charge >= 0.3 is 0 Å². The molecule has 0 unspecified atom stereocenters. The van der Waals surface area contributed by atoms with Crippen LogP contribution in [0.4, 0.5) is 0 Å². The van der Waals surface area contributed by atoms with Gasteiger partial charge in [-0.1, -0.05) is 0 Å². The van der Waals surface area contributed by atoms with Gasteiger partial charge in [-0.15, -0.1) is 11.3 Å². The number of benzene rings is 1. The highest BCUT2D eigenvalue weighted by molar-refractivity contribution is 7.13. The molecule has 3 heteroatoms. The fourth-order valence-corrected chi connectivity index (χ4v) is 3.14. The summed E-state index contributed by atoms with van der Waals surface area (Å²) in [5.41, 5.74) is 4.09. The zero-order valence-corrected chi connectivity index (χ0v) is 10.3. The van der Waals surface area contributed by atoms with Gasteiger partial charge in [0.15, 0.2) is 0 Å². The second kappa shape index (κ2) is 4.00. The Labute approximate surface area is 104 Å². The Bertz CT molecular complexity index is 584. The van der Waals surface area contributed by atoms with E-state index in [-0.39, 0.29) is 0 Å². The minimum atomic E-state index is 0.705. The van der Waals surface area contributed by atoms with Crippen molar-refractivity contribution in [2.45, 2.75) is 13.3 Å². The Morgan fingerprint density at radius 2 is 2.29 bits per heavy atom. The Balaban J connectivity index is 2.27. The van der Waals surface area contributed by atoms with E-state index in [4.69, 9.17) is 4.74 Å². The summed E-state index contributed by atoms with van der Waals surface area (Å²) in [5.74, 6) is 0.898. The average molecular weight is 244 g/mol. The van der Waals surface area contributed by atoms with Crippen LogP contribution in [0.15, 0.2) is 23.6 Å². The van der Waals surface area contributed by atoms with E-state index < -0.39 is 0 Å². The first-order valence-corrected chi connectivity index (χ1v) is 6.47. The maximum Gasteiger partial charge on any atom is 0.150 e. The van der Waals surface area contributed by atoms with Gasteiger partial charge in [0.1, 0.15) is 12.0 Å². The van der Waals surface area contributed by atoms with E-state index in [2.05, 4.69) is 11.4 Å². The van der Waals surface area contributed by atoms with Crippen LogP contribution in [0.25, 0.3) is 10.4 Å². The summed E-state index contributed by atoms with van der Waals surface area (Å²) in [7, 11) is 0. The summed E-state index contributed by atoms with van der Waals surface area (Å²) in [6, 6.07) is 6.05. The zero-order valence-electron chi connectivity index (χ0n) is 9.53. The molecule has 0 atom stereocenters. The molecular weight excluding hydrogens is 232 g/mol. The summed E-state index contributed by atoms with van der Waals surface area (Å²) in [4.78, 5) is 12.2. The van der Waals surface area contributed by atoms with E-state index in [1.807, 2.05) is 19.1 Å². The molecule has 0 amide bonds. The van der Waals surface area contributed by atoms with E-state index in [0.717, 1.165) is 35.1 Å². The molecule has 0 bridgehead atoms. The summed E-state index contributed by atoms with van der Waals surface area (Å²) >= 11 is 1.71. The molecule has 2 heterocycles. The smallest absolute Gasteiger partial charge is 0.150 e. The quantitative estimate of drug-likeness (QED) is 0.718. The van der Waals surface area contributed by atoms with Crippen LogP contribution < -0.4 is 4.74 Å². The standard InChI is InChI=1S/C14H12O2S/c1-9-6-13-12(7-11(9)8-15)14-10(2-4-16-13)3-5-17-14/h3,5-8H,2,4H2,1H3. The predicted molar refractivity (Wildman–Crippen MR) is 69.1 cm³/mol. The number of hydrogen-bond donors (Lipinski definition) is 0. The summed E-state index contributed by atoms with van der Waals surface area (Å²) in [6.45, 7) is 2.64. The molecule has 0 N–H and O–H groups in total. The number of carbonyl (C=O) groups is 1. The molecule has 0 saturated carbocycles. The second-order valence-corrected chi connectivity index (χ2v) is 5.11. The highest BCUT2D eigenvalue weighted by Gasteiger charge is 2.18. The van der Waals surface area contributed by atoms with Crippen molar-refractivity contribution in [3.8, 4) is 16.2 Å². The van der Waals surface area contributed by atoms with Gasteiger partial charge in [0.2, 0.25) is 0 Å². The number of aldehydes is 1. The first kappa shape index (κ1) is 10.5. The Hall–Kier alpha value is -1.61. The zero-order chi connectivity index (χ0) is 11.8. The van der Waals surface area contributed by atoms with E-state index in [1.165, 1.54) is 10.4 Å². The van der Waals surface area contributed by atoms with Crippen LogP contribution in [0, 0.1) is 6.92 Å². The van der Waals surface area contributed by atoms with E-state index in [9.17, 15) is 4.79 Å². The fraction of sp³-hybridized carbons (Fsp3) is 0.214. The molecule has 3 rings (SSSR count). The van der Waals surface area contributed by atoms with Gasteiger partial charge < -0.3 is 4.74 Å². The molecule has 2 aromatic rings. The number of thiophene rings is 1. The maximum absolute atomic E-state index is 11.0. The van der Waals surface area contributed by atoms with Gasteiger partial charge in [0, 0.05) is 22.4 Å². The van der Waals surface area contributed by atoms with Gasteiger partial charge in [-0.05, 0) is 41.6 Å². The van der Waals surface area contributed by atoms with Gasteiger partial charge in [-0.25, -0.2) is 0 Å². The SMILES string of the molecule is Cc1cc2c(cc1C=O)-c1sccc1CCO2. The lowest BCUT2D eigenvalue weighted by atomic mass is 10.0. The van der Waals surface area contributed by atoms with Gasteiger partial charge in [-0.2, -0.15) is 0 Å². The lowest BCUT2D eigenvalue weighted by Crippen LogP contribution is -1.99. The van der Waals surface area contributed by atoms with Crippen molar-refractivity contribution in [1.29, 1.82) is 0 Å². The topological polar surface area (TPSA) is 26.3 Å². The van der Waals surface area contributed by atoms with Gasteiger partial charge in [0.05, 0.1) is 6.61 Å².